The molecule has 1 saturated heterocycles. The number of benzene rings is 1. The van der Waals surface area contributed by atoms with Crippen molar-refractivity contribution < 1.29 is 9.59 Å². The standard InChI is InChI=1S/C13H16N2O2/c1-15-6-5-10(8-12(15)16)13(17)9-3-2-4-11(14)7-9/h2-4,7,10H,5-6,8,14H2,1H3. The molecule has 1 amide bonds. The van der Waals surface area contributed by atoms with E-state index in [0.717, 1.165) is 6.42 Å². The molecule has 4 nitrogen and oxygen atoms in total. The third-order valence-electron chi connectivity index (χ3n) is 3.20. The fourth-order valence-corrected chi connectivity index (χ4v) is 2.09. The van der Waals surface area contributed by atoms with Crippen molar-refractivity contribution >= 4 is 17.4 Å². The summed E-state index contributed by atoms with van der Waals surface area (Å²) in [5.74, 6) is -0.127. The first-order valence-corrected chi connectivity index (χ1v) is 5.71. The van der Waals surface area contributed by atoms with E-state index in [1.165, 1.54) is 0 Å². The summed E-state index contributed by atoms with van der Waals surface area (Å²) in [6.45, 7) is 0.650. The predicted molar refractivity (Wildman–Crippen MR) is 65.5 cm³/mol. The van der Waals surface area contributed by atoms with Gasteiger partial charge in [-0.15, -0.1) is 0 Å². The number of amides is 1. The predicted octanol–water partition coefficient (Wildman–Crippen LogP) is 1.32. The number of rotatable bonds is 2. The van der Waals surface area contributed by atoms with Crippen LogP contribution in [0.25, 0.3) is 0 Å². The van der Waals surface area contributed by atoms with Gasteiger partial charge in [-0.2, -0.15) is 0 Å². The maximum Gasteiger partial charge on any atom is 0.223 e. The Bertz CT molecular complexity index is 456. The number of nitrogens with zero attached hydrogens (tertiary/aromatic N) is 1. The Kier molecular flexibility index (Phi) is 3.13. The second kappa shape index (κ2) is 4.57. The van der Waals surface area contributed by atoms with Gasteiger partial charge in [0.2, 0.25) is 5.91 Å². The lowest BCUT2D eigenvalue weighted by Gasteiger charge is -2.27. The molecule has 1 aliphatic rings. The topological polar surface area (TPSA) is 63.4 Å². The maximum absolute atomic E-state index is 12.2. The number of likely N-dealkylation sites (tertiary alicyclic amines) is 1. The van der Waals surface area contributed by atoms with Crippen molar-refractivity contribution in [3.8, 4) is 0 Å². The molecule has 2 rings (SSSR count). The lowest BCUT2D eigenvalue weighted by atomic mass is 9.88. The smallest absolute Gasteiger partial charge is 0.223 e. The summed E-state index contributed by atoms with van der Waals surface area (Å²) in [6, 6.07) is 6.93. The molecule has 90 valence electrons. The van der Waals surface area contributed by atoms with Crippen LogP contribution in [0.1, 0.15) is 23.2 Å². The Morgan fingerprint density at radius 3 is 2.88 bits per heavy atom. The zero-order valence-electron chi connectivity index (χ0n) is 9.85. The van der Waals surface area contributed by atoms with Crippen LogP contribution in [-0.4, -0.2) is 30.2 Å². The highest BCUT2D eigenvalue weighted by atomic mass is 16.2. The molecular formula is C13H16N2O2. The number of hydrogen-bond donors (Lipinski definition) is 1. The largest absolute Gasteiger partial charge is 0.399 e. The van der Waals surface area contributed by atoms with Crippen molar-refractivity contribution in [2.75, 3.05) is 19.3 Å². The first-order valence-electron chi connectivity index (χ1n) is 5.71. The van der Waals surface area contributed by atoms with Crippen LogP contribution in [0.3, 0.4) is 0 Å². The number of Topliss-reactive ketones (excluding diaryl/α,β-unsaturated/α-hetero) is 1. The quantitative estimate of drug-likeness (QED) is 0.618. The number of nitrogens with two attached hydrogens (primary N) is 1. The minimum atomic E-state index is -0.194. The summed E-state index contributed by atoms with van der Waals surface area (Å²) in [5.41, 5.74) is 6.83. The van der Waals surface area contributed by atoms with Crippen LogP contribution in [-0.2, 0) is 4.79 Å². The highest BCUT2D eigenvalue weighted by Gasteiger charge is 2.29. The van der Waals surface area contributed by atoms with E-state index in [4.69, 9.17) is 5.73 Å². The molecule has 0 radical (unpaired) electrons. The zero-order valence-corrected chi connectivity index (χ0v) is 9.85. The number of hydrogen-bond acceptors (Lipinski definition) is 3. The molecule has 0 aromatic heterocycles. The number of carbonyl (C=O) groups is 2. The molecular weight excluding hydrogens is 216 g/mol. The summed E-state index contributed by atoms with van der Waals surface area (Å²) in [6.07, 6.45) is 1.04. The molecule has 17 heavy (non-hydrogen) atoms. The Morgan fingerprint density at radius 2 is 2.24 bits per heavy atom. The van der Waals surface area contributed by atoms with Crippen molar-refractivity contribution in [1.29, 1.82) is 0 Å². The minimum absolute atomic E-state index is 0.0266. The molecule has 2 N–H and O–H groups in total. The normalized spacial score (nSPS) is 20.4. The lowest BCUT2D eigenvalue weighted by molar-refractivity contribution is -0.132. The van der Waals surface area contributed by atoms with Crippen molar-refractivity contribution in [2.24, 2.45) is 5.92 Å². The van der Waals surface area contributed by atoms with Gasteiger partial charge in [0.25, 0.3) is 0 Å². The summed E-state index contributed by atoms with van der Waals surface area (Å²) in [4.78, 5) is 25.4. The lowest BCUT2D eigenvalue weighted by Crippen LogP contribution is -2.38. The van der Waals surface area contributed by atoms with Crippen molar-refractivity contribution in [3.63, 3.8) is 0 Å². The second-order valence-electron chi connectivity index (χ2n) is 4.49. The van der Waals surface area contributed by atoms with E-state index >= 15 is 0 Å². The monoisotopic (exact) mass is 232 g/mol. The third-order valence-corrected chi connectivity index (χ3v) is 3.20. The van der Waals surface area contributed by atoms with Crippen LogP contribution in [0.4, 0.5) is 5.69 Å². The van der Waals surface area contributed by atoms with Crippen LogP contribution >= 0.6 is 0 Å². The van der Waals surface area contributed by atoms with E-state index in [1.54, 1.807) is 36.2 Å². The third kappa shape index (κ3) is 2.46. The van der Waals surface area contributed by atoms with Gasteiger partial charge >= 0.3 is 0 Å². The van der Waals surface area contributed by atoms with E-state index in [-0.39, 0.29) is 17.6 Å². The summed E-state index contributed by atoms with van der Waals surface area (Å²) < 4.78 is 0. The van der Waals surface area contributed by atoms with Crippen LogP contribution in [0.2, 0.25) is 0 Å². The number of anilines is 1. The van der Waals surface area contributed by atoms with Crippen molar-refractivity contribution in [2.45, 2.75) is 12.8 Å². The molecule has 1 aromatic rings. The Balaban J connectivity index is 2.13. The summed E-state index contributed by atoms with van der Waals surface area (Å²) in [7, 11) is 1.77. The van der Waals surface area contributed by atoms with E-state index in [1.807, 2.05) is 0 Å². The molecule has 0 aliphatic carbocycles. The molecule has 1 aliphatic heterocycles. The second-order valence-corrected chi connectivity index (χ2v) is 4.49. The molecule has 0 bridgehead atoms. The SMILES string of the molecule is CN1CCC(C(=O)c2cccc(N)c2)CC1=O. The van der Waals surface area contributed by atoms with Crippen LogP contribution < -0.4 is 5.73 Å². The van der Waals surface area contributed by atoms with Crippen LogP contribution in [0.15, 0.2) is 24.3 Å². The molecule has 4 heteroatoms. The van der Waals surface area contributed by atoms with E-state index < -0.39 is 0 Å². The fraction of sp³-hybridized carbons (Fsp3) is 0.385. The van der Waals surface area contributed by atoms with E-state index in [0.29, 0.717) is 24.2 Å². The molecule has 0 spiro atoms. The van der Waals surface area contributed by atoms with Crippen LogP contribution in [0.5, 0.6) is 0 Å². The summed E-state index contributed by atoms with van der Waals surface area (Å²) >= 11 is 0. The first kappa shape index (κ1) is 11.6. The molecule has 1 aromatic carbocycles. The highest BCUT2D eigenvalue weighted by Crippen LogP contribution is 2.22. The van der Waals surface area contributed by atoms with Gasteiger partial charge < -0.3 is 10.6 Å². The van der Waals surface area contributed by atoms with Gasteiger partial charge in [-0.05, 0) is 18.6 Å². The van der Waals surface area contributed by atoms with Crippen molar-refractivity contribution in [1.82, 2.24) is 4.90 Å². The Hall–Kier alpha value is -1.84. The zero-order chi connectivity index (χ0) is 12.4. The number of nitrogen functional groups attached to an aromatic ring is 1. The van der Waals surface area contributed by atoms with Gasteiger partial charge in [0.05, 0.1) is 0 Å². The van der Waals surface area contributed by atoms with Gasteiger partial charge in [-0.3, -0.25) is 9.59 Å². The number of carbonyl (C=O) groups excluding carboxylic acids is 2. The molecule has 1 unspecified atom stereocenters. The Labute approximate surface area is 100 Å². The summed E-state index contributed by atoms with van der Waals surface area (Å²) in [5, 5.41) is 0. The minimum Gasteiger partial charge on any atom is -0.399 e. The van der Waals surface area contributed by atoms with E-state index in [9.17, 15) is 9.59 Å². The van der Waals surface area contributed by atoms with Gasteiger partial charge in [-0.25, -0.2) is 0 Å². The number of piperidine rings is 1. The average Bonchev–Trinajstić information content (AvgIpc) is 2.32. The van der Waals surface area contributed by atoms with Crippen LogP contribution in [0, 0.1) is 5.92 Å². The molecule has 0 saturated carbocycles. The van der Waals surface area contributed by atoms with Crippen molar-refractivity contribution in [3.05, 3.63) is 29.8 Å². The molecule has 1 fully saturated rings. The Morgan fingerprint density at radius 1 is 1.47 bits per heavy atom. The van der Waals surface area contributed by atoms with Gasteiger partial charge in [0.15, 0.2) is 5.78 Å². The fourth-order valence-electron chi connectivity index (χ4n) is 2.09. The van der Waals surface area contributed by atoms with Gasteiger partial charge in [-0.1, -0.05) is 12.1 Å². The first-order chi connectivity index (χ1) is 8.08. The maximum atomic E-state index is 12.2. The van der Waals surface area contributed by atoms with E-state index in [2.05, 4.69) is 0 Å². The molecule has 1 atom stereocenters. The highest BCUT2D eigenvalue weighted by molar-refractivity contribution is 6.00. The van der Waals surface area contributed by atoms with Gasteiger partial charge in [0, 0.05) is 37.2 Å². The molecule has 1 heterocycles. The average molecular weight is 232 g/mol. The van der Waals surface area contributed by atoms with Gasteiger partial charge in [0.1, 0.15) is 0 Å². The number of ketones is 1.